The van der Waals surface area contributed by atoms with Crippen LogP contribution in [-0.2, 0) is 6.54 Å². The number of nitrogens with one attached hydrogen (secondary N) is 1. The molecular formula is C14H19N5O2. The van der Waals surface area contributed by atoms with Crippen molar-refractivity contribution in [3.63, 3.8) is 0 Å². The van der Waals surface area contributed by atoms with Crippen LogP contribution >= 0.6 is 0 Å². The Kier molecular flexibility index (Phi) is 3.89. The summed E-state index contributed by atoms with van der Waals surface area (Å²) in [4.78, 5) is 18.1. The number of hydrogen-bond donors (Lipinski definition) is 1. The van der Waals surface area contributed by atoms with Crippen molar-refractivity contribution < 1.29 is 9.32 Å². The van der Waals surface area contributed by atoms with E-state index in [4.69, 9.17) is 4.52 Å². The maximum atomic E-state index is 12.3. The molecule has 21 heavy (non-hydrogen) atoms. The smallest absolute Gasteiger partial charge is 0.318 e. The van der Waals surface area contributed by atoms with Gasteiger partial charge < -0.3 is 19.3 Å². The Morgan fingerprint density at radius 3 is 3.19 bits per heavy atom. The predicted molar refractivity (Wildman–Crippen MR) is 75.5 cm³/mol. The average molecular weight is 289 g/mol. The van der Waals surface area contributed by atoms with Crippen LogP contribution in [0.5, 0.6) is 0 Å². The molecule has 2 aromatic heterocycles. The molecule has 1 unspecified atom stereocenters. The van der Waals surface area contributed by atoms with E-state index >= 15 is 0 Å². The van der Waals surface area contributed by atoms with Gasteiger partial charge in [0.05, 0.1) is 18.1 Å². The van der Waals surface area contributed by atoms with Crippen LogP contribution in [0.4, 0.5) is 4.79 Å². The predicted octanol–water partition coefficient (Wildman–Crippen LogP) is 1.73. The van der Waals surface area contributed by atoms with Crippen LogP contribution in [0.2, 0.25) is 0 Å². The second-order valence-electron chi connectivity index (χ2n) is 5.25. The van der Waals surface area contributed by atoms with Gasteiger partial charge >= 0.3 is 6.03 Å². The molecule has 0 aromatic carbocycles. The Balaban J connectivity index is 1.55. The minimum absolute atomic E-state index is 0.000514. The number of nitrogens with zero attached hydrogens (tertiary/aromatic N) is 4. The Labute approximate surface area is 122 Å². The molecule has 7 heteroatoms. The number of hydrogen-bond acceptors (Lipinski definition) is 4. The first-order valence-corrected chi connectivity index (χ1v) is 7.17. The van der Waals surface area contributed by atoms with Gasteiger partial charge in [0.2, 0.25) is 0 Å². The molecule has 1 saturated heterocycles. The number of carbonyl (C=O) groups is 1. The highest BCUT2D eigenvalue weighted by atomic mass is 16.5. The molecule has 0 radical (unpaired) electrons. The van der Waals surface area contributed by atoms with E-state index in [1.165, 1.54) is 0 Å². The summed E-state index contributed by atoms with van der Waals surface area (Å²) in [6.45, 7) is 3.93. The fourth-order valence-corrected chi connectivity index (χ4v) is 2.66. The molecule has 0 bridgehead atoms. The summed E-state index contributed by atoms with van der Waals surface area (Å²) < 4.78 is 7.24. The van der Waals surface area contributed by atoms with E-state index in [9.17, 15) is 4.79 Å². The van der Waals surface area contributed by atoms with Crippen molar-refractivity contribution >= 4 is 6.03 Å². The second-order valence-corrected chi connectivity index (χ2v) is 5.25. The van der Waals surface area contributed by atoms with Crippen LogP contribution in [0.15, 0.2) is 29.3 Å². The highest BCUT2D eigenvalue weighted by molar-refractivity contribution is 5.74. The minimum atomic E-state index is -0.0494. The van der Waals surface area contributed by atoms with Gasteiger partial charge in [0.15, 0.2) is 5.76 Å². The molecule has 1 N–H and O–H groups in total. The first-order chi connectivity index (χ1) is 10.2. The highest BCUT2D eigenvalue weighted by Crippen LogP contribution is 2.32. The van der Waals surface area contributed by atoms with Gasteiger partial charge in [-0.3, -0.25) is 0 Å². The summed E-state index contributed by atoms with van der Waals surface area (Å²) in [6, 6.07) is 1.85. The number of carbonyl (C=O) groups excluding carboxylic acids is 1. The average Bonchev–Trinajstić information content (AvgIpc) is 3.18. The molecule has 3 heterocycles. The SMILES string of the molecule is Cc1cc(C2CCCN2C(=O)NCCn2ccnc2)on1. The number of aromatic nitrogens is 3. The van der Waals surface area contributed by atoms with E-state index in [1.54, 1.807) is 12.5 Å². The largest absolute Gasteiger partial charge is 0.359 e. The number of likely N-dealkylation sites (tertiary alicyclic amines) is 1. The summed E-state index contributed by atoms with van der Waals surface area (Å²) in [5.41, 5.74) is 0.845. The molecule has 0 spiro atoms. The summed E-state index contributed by atoms with van der Waals surface area (Å²) in [5.74, 6) is 0.773. The molecule has 1 aliphatic rings. The summed E-state index contributed by atoms with van der Waals surface area (Å²) >= 11 is 0. The second kappa shape index (κ2) is 5.99. The van der Waals surface area contributed by atoms with Crippen molar-refractivity contribution in [1.82, 2.24) is 24.9 Å². The number of aryl methyl sites for hydroxylation is 1. The van der Waals surface area contributed by atoms with Gasteiger partial charge in [0.25, 0.3) is 0 Å². The van der Waals surface area contributed by atoms with Crippen LogP contribution in [0.3, 0.4) is 0 Å². The van der Waals surface area contributed by atoms with Gasteiger partial charge in [-0.05, 0) is 19.8 Å². The summed E-state index contributed by atoms with van der Waals surface area (Å²) in [6.07, 6.45) is 7.25. The van der Waals surface area contributed by atoms with Crippen molar-refractivity contribution in [2.75, 3.05) is 13.1 Å². The number of rotatable bonds is 4. The van der Waals surface area contributed by atoms with Gasteiger partial charge in [-0.15, -0.1) is 0 Å². The van der Waals surface area contributed by atoms with E-state index in [1.807, 2.05) is 28.7 Å². The quantitative estimate of drug-likeness (QED) is 0.930. The molecule has 2 amide bonds. The maximum absolute atomic E-state index is 12.3. The van der Waals surface area contributed by atoms with Crippen molar-refractivity contribution in [2.45, 2.75) is 32.4 Å². The monoisotopic (exact) mass is 289 g/mol. The minimum Gasteiger partial charge on any atom is -0.359 e. The van der Waals surface area contributed by atoms with Crippen LogP contribution in [-0.4, -0.2) is 38.7 Å². The molecule has 3 rings (SSSR count). The van der Waals surface area contributed by atoms with Gasteiger partial charge in [-0.2, -0.15) is 0 Å². The van der Waals surface area contributed by atoms with Crippen LogP contribution in [0, 0.1) is 6.92 Å². The molecule has 1 fully saturated rings. The lowest BCUT2D eigenvalue weighted by Crippen LogP contribution is -2.40. The van der Waals surface area contributed by atoms with E-state index < -0.39 is 0 Å². The molecule has 2 aromatic rings. The fourth-order valence-electron chi connectivity index (χ4n) is 2.66. The first-order valence-electron chi connectivity index (χ1n) is 7.17. The maximum Gasteiger partial charge on any atom is 0.318 e. The Bertz CT molecular complexity index is 592. The van der Waals surface area contributed by atoms with E-state index in [-0.39, 0.29) is 12.1 Å². The molecule has 112 valence electrons. The Hall–Kier alpha value is -2.31. The molecule has 7 nitrogen and oxygen atoms in total. The Morgan fingerprint density at radius 1 is 1.57 bits per heavy atom. The summed E-state index contributed by atoms with van der Waals surface area (Å²) in [7, 11) is 0. The summed E-state index contributed by atoms with van der Waals surface area (Å²) in [5, 5.41) is 6.85. The molecule has 0 aliphatic carbocycles. The number of amides is 2. The Morgan fingerprint density at radius 2 is 2.48 bits per heavy atom. The van der Waals surface area contributed by atoms with Crippen LogP contribution in [0.25, 0.3) is 0 Å². The number of urea groups is 1. The number of imidazole rings is 1. The zero-order valence-corrected chi connectivity index (χ0v) is 12.0. The standard InChI is InChI=1S/C14H19N5O2/c1-11-9-13(21-17-11)12-3-2-6-19(12)14(20)16-5-8-18-7-4-15-10-18/h4,7,9-10,12H,2-3,5-6,8H2,1H3,(H,16,20). The van der Waals surface area contributed by atoms with Gasteiger partial charge in [0.1, 0.15) is 0 Å². The zero-order valence-electron chi connectivity index (χ0n) is 12.0. The van der Waals surface area contributed by atoms with E-state index in [0.717, 1.165) is 30.8 Å². The highest BCUT2D eigenvalue weighted by Gasteiger charge is 2.32. The first kappa shape index (κ1) is 13.7. The zero-order chi connectivity index (χ0) is 14.7. The molecule has 1 atom stereocenters. The molecular weight excluding hydrogens is 270 g/mol. The topological polar surface area (TPSA) is 76.2 Å². The van der Waals surface area contributed by atoms with E-state index in [2.05, 4.69) is 15.5 Å². The fraction of sp³-hybridized carbons (Fsp3) is 0.500. The normalized spacial score (nSPS) is 18.1. The lowest BCUT2D eigenvalue weighted by molar-refractivity contribution is 0.182. The van der Waals surface area contributed by atoms with Crippen molar-refractivity contribution in [1.29, 1.82) is 0 Å². The van der Waals surface area contributed by atoms with Crippen molar-refractivity contribution in [2.24, 2.45) is 0 Å². The molecule has 0 saturated carbocycles. The third-order valence-electron chi connectivity index (χ3n) is 3.69. The lowest BCUT2D eigenvalue weighted by atomic mass is 10.1. The van der Waals surface area contributed by atoms with Crippen LogP contribution < -0.4 is 5.32 Å². The van der Waals surface area contributed by atoms with Crippen LogP contribution in [0.1, 0.15) is 30.3 Å². The van der Waals surface area contributed by atoms with E-state index in [0.29, 0.717) is 13.1 Å². The van der Waals surface area contributed by atoms with Crippen molar-refractivity contribution in [3.8, 4) is 0 Å². The third kappa shape index (κ3) is 3.07. The lowest BCUT2D eigenvalue weighted by Gasteiger charge is -2.23. The third-order valence-corrected chi connectivity index (χ3v) is 3.69. The van der Waals surface area contributed by atoms with Gasteiger partial charge in [-0.25, -0.2) is 9.78 Å². The van der Waals surface area contributed by atoms with Crippen molar-refractivity contribution in [3.05, 3.63) is 36.2 Å². The molecule has 1 aliphatic heterocycles. The van der Waals surface area contributed by atoms with Gasteiger partial charge in [0, 0.05) is 38.1 Å². The van der Waals surface area contributed by atoms with Gasteiger partial charge in [-0.1, -0.05) is 5.16 Å².